The molecule has 1 aliphatic heterocycles. The molecule has 4 nitrogen and oxygen atoms in total. The van der Waals surface area contributed by atoms with E-state index in [1.54, 1.807) is 11.8 Å². The maximum atomic E-state index is 10.8. The van der Waals surface area contributed by atoms with E-state index in [0.29, 0.717) is 6.10 Å². The minimum atomic E-state index is -0.929. The van der Waals surface area contributed by atoms with Crippen molar-refractivity contribution in [1.29, 1.82) is 0 Å². The number of hydrogen-bond acceptors (Lipinski definition) is 4. The summed E-state index contributed by atoms with van der Waals surface area (Å²) >= 11 is 1.64. The highest BCUT2D eigenvalue weighted by molar-refractivity contribution is 8.00. The van der Waals surface area contributed by atoms with E-state index in [4.69, 9.17) is 15.6 Å². The summed E-state index contributed by atoms with van der Waals surface area (Å²) in [5.74, 6) is 0.00928. The van der Waals surface area contributed by atoms with E-state index >= 15 is 0 Å². The Hall–Kier alpha value is -0.260. The highest BCUT2D eigenvalue weighted by Gasteiger charge is 2.32. The second-order valence-corrected chi connectivity index (χ2v) is 6.79. The SMILES string of the molecule is CC(C)(SCCCC1CCCO1)[C@@H](N)C(=O)O. The van der Waals surface area contributed by atoms with E-state index in [-0.39, 0.29) is 0 Å². The first-order chi connectivity index (χ1) is 7.93. The summed E-state index contributed by atoms with van der Waals surface area (Å²) in [4.78, 5) is 10.8. The molecule has 100 valence electrons. The molecule has 0 spiro atoms. The molecule has 0 aromatic carbocycles. The number of carboxylic acids is 1. The first-order valence-corrected chi connectivity index (χ1v) is 7.16. The van der Waals surface area contributed by atoms with Gasteiger partial charge in [0.15, 0.2) is 0 Å². The quantitative estimate of drug-likeness (QED) is 0.684. The van der Waals surface area contributed by atoms with Gasteiger partial charge in [-0.2, -0.15) is 11.8 Å². The number of ether oxygens (including phenoxy) is 1. The van der Waals surface area contributed by atoms with Crippen molar-refractivity contribution in [3.63, 3.8) is 0 Å². The molecule has 1 rings (SSSR count). The van der Waals surface area contributed by atoms with Crippen LogP contribution in [0.3, 0.4) is 0 Å². The zero-order valence-electron chi connectivity index (χ0n) is 10.6. The van der Waals surface area contributed by atoms with Gasteiger partial charge in [0.1, 0.15) is 6.04 Å². The van der Waals surface area contributed by atoms with Gasteiger partial charge in [0, 0.05) is 11.4 Å². The topological polar surface area (TPSA) is 72.5 Å². The summed E-state index contributed by atoms with van der Waals surface area (Å²) < 4.78 is 5.13. The summed E-state index contributed by atoms with van der Waals surface area (Å²) in [6.45, 7) is 4.68. The van der Waals surface area contributed by atoms with Gasteiger partial charge in [-0.05, 0) is 45.3 Å². The van der Waals surface area contributed by atoms with Gasteiger partial charge in [-0.1, -0.05) is 0 Å². The van der Waals surface area contributed by atoms with Crippen molar-refractivity contribution >= 4 is 17.7 Å². The van der Waals surface area contributed by atoms with Gasteiger partial charge < -0.3 is 15.6 Å². The van der Waals surface area contributed by atoms with E-state index < -0.39 is 16.8 Å². The van der Waals surface area contributed by atoms with Gasteiger partial charge in [0.05, 0.1) is 6.10 Å². The summed E-state index contributed by atoms with van der Waals surface area (Å²) in [6.07, 6.45) is 4.90. The van der Waals surface area contributed by atoms with Crippen LogP contribution in [0.2, 0.25) is 0 Å². The third kappa shape index (κ3) is 4.85. The Morgan fingerprint density at radius 2 is 2.35 bits per heavy atom. The fourth-order valence-electron chi connectivity index (χ4n) is 1.91. The highest BCUT2D eigenvalue weighted by atomic mass is 32.2. The van der Waals surface area contributed by atoms with Crippen molar-refractivity contribution in [3.8, 4) is 0 Å². The third-order valence-electron chi connectivity index (χ3n) is 3.18. The van der Waals surface area contributed by atoms with Crippen LogP contribution in [0, 0.1) is 0 Å². The molecule has 1 unspecified atom stereocenters. The Morgan fingerprint density at radius 3 is 2.88 bits per heavy atom. The van der Waals surface area contributed by atoms with Gasteiger partial charge in [0.25, 0.3) is 0 Å². The molecule has 0 aromatic rings. The number of thioether (sulfide) groups is 1. The Balaban J connectivity index is 2.17. The van der Waals surface area contributed by atoms with Gasteiger partial charge in [0.2, 0.25) is 0 Å². The second-order valence-electron chi connectivity index (χ2n) is 5.05. The predicted molar refractivity (Wildman–Crippen MR) is 70.4 cm³/mol. The smallest absolute Gasteiger partial charge is 0.321 e. The van der Waals surface area contributed by atoms with Crippen molar-refractivity contribution in [1.82, 2.24) is 0 Å². The minimum absolute atomic E-state index is 0.414. The fraction of sp³-hybridized carbons (Fsp3) is 0.917. The summed E-state index contributed by atoms with van der Waals surface area (Å²) in [5, 5.41) is 8.89. The molecule has 0 bridgehead atoms. The zero-order valence-corrected chi connectivity index (χ0v) is 11.5. The number of nitrogens with two attached hydrogens (primary N) is 1. The first kappa shape index (κ1) is 14.8. The lowest BCUT2D eigenvalue weighted by molar-refractivity contribution is -0.139. The molecule has 0 aromatic heterocycles. The lowest BCUT2D eigenvalue weighted by Gasteiger charge is -2.28. The number of hydrogen-bond donors (Lipinski definition) is 2. The maximum Gasteiger partial charge on any atom is 0.321 e. The second kappa shape index (κ2) is 6.61. The molecule has 3 N–H and O–H groups in total. The molecule has 0 aliphatic carbocycles. The number of carboxylic acid groups (broad SMARTS) is 1. The molecule has 5 heteroatoms. The van der Waals surface area contributed by atoms with Crippen molar-refractivity contribution in [3.05, 3.63) is 0 Å². The Bertz CT molecular complexity index is 252. The summed E-state index contributed by atoms with van der Waals surface area (Å²) in [6, 6.07) is -0.810. The van der Waals surface area contributed by atoms with Crippen LogP contribution in [0.5, 0.6) is 0 Å². The monoisotopic (exact) mass is 261 g/mol. The average Bonchev–Trinajstić information content (AvgIpc) is 2.76. The van der Waals surface area contributed by atoms with Gasteiger partial charge in [-0.15, -0.1) is 0 Å². The maximum absolute atomic E-state index is 10.8. The van der Waals surface area contributed by atoms with Crippen molar-refractivity contribution in [2.75, 3.05) is 12.4 Å². The van der Waals surface area contributed by atoms with Gasteiger partial charge in [-0.25, -0.2) is 0 Å². The predicted octanol–water partition coefficient (Wildman–Crippen LogP) is 1.87. The standard InChI is InChI=1S/C12H23NO3S/c1-12(2,10(13)11(14)15)17-8-4-6-9-5-3-7-16-9/h9-10H,3-8,13H2,1-2H3,(H,14,15)/t9?,10-/m0/s1. The van der Waals surface area contributed by atoms with Crippen LogP contribution in [-0.4, -0.2) is 40.3 Å². The fourth-order valence-corrected chi connectivity index (χ4v) is 3.02. The van der Waals surface area contributed by atoms with Crippen LogP contribution in [-0.2, 0) is 9.53 Å². The highest BCUT2D eigenvalue weighted by Crippen LogP contribution is 2.29. The van der Waals surface area contributed by atoms with Crippen LogP contribution in [0.1, 0.15) is 39.5 Å². The zero-order chi connectivity index (χ0) is 12.9. The summed E-state index contributed by atoms with van der Waals surface area (Å²) in [5.41, 5.74) is 5.65. The molecule has 17 heavy (non-hydrogen) atoms. The number of rotatable bonds is 7. The van der Waals surface area contributed by atoms with E-state index in [9.17, 15) is 4.79 Å². The lowest BCUT2D eigenvalue weighted by Crippen LogP contribution is -2.46. The third-order valence-corrected chi connectivity index (χ3v) is 4.67. The van der Waals surface area contributed by atoms with Crippen LogP contribution in [0.4, 0.5) is 0 Å². The molecular weight excluding hydrogens is 238 g/mol. The van der Waals surface area contributed by atoms with Gasteiger partial charge >= 0.3 is 5.97 Å². The van der Waals surface area contributed by atoms with Gasteiger partial charge in [-0.3, -0.25) is 4.79 Å². The van der Waals surface area contributed by atoms with Crippen molar-refractivity contribution in [2.45, 2.75) is 56.4 Å². The lowest BCUT2D eigenvalue weighted by atomic mass is 10.1. The largest absolute Gasteiger partial charge is 0.480 e. The van der Waals surface area contributed by atoms with Crippen molar-refractivity contribution in [2.24, 2.45) is 5.73 Å². The van der Waals surface area contributed by atoms with E-state index in [1.165, 1.54) is 12.8 Å². The molecule has 1 heterocycles. The summed E-state index contributed by atoms with van der Waals surface area (Å²) in [7, 11) is 0. The normalized spacial score (nSPS) is 22.6. The molecule has 2 atom stereocenters. The van der Waals surface area contributed by atoms with Crippen LogP contribution < -0.4 is 5.73 Å². The van der Waals surface area contributed by atoms with Crippen LogP contribution in [0.15, 0.2) is 0 Å². The Kier molecular flexibility index (Phi) is 5.76. The Morgan fingerprint density at radius 1 is 1.65 bits per heavy atom. The van der Waals surface area contributed by atoms with Crippen LogP contribution >= 0.6 is 11.8 Å². The molecule has 0 amide bonds. The molecule has 1 saturated heterocycles. The Labute approximate surface area is 107 Å². The van der Waals surface area contributed by atoms with Crippen molar-refractivity contribution < 1.29 is 14.6 Å². The molecule has 0 radical (unpaired) electrons. The molecular formula is C12H23NO3S. The minimum Gasteiger partial charge on any atom is -0.480 e. The average molecular weight is 261 g/mol. The van der Waals surface area contributed by atoms with E-state index in [2.05, 4.69) is 0 Å². The number of aliphatic carboxylic acids is 1. The van der Waals surface area contributed by atoms with E-state index in [1.807, 2.05) is 13.8 Å². The van der Waals surface area contributed by atoms with E-state index in [0.717, 1.165) is 25.2 Å². The first-order valence-electron chi connectivity index (χ1n) is 6.17. The molecule has 1 fully saturated rings. The van der Waals surface area contributed by atoms with Crippen LogP contribution in [0.25, 0.3) is 0 Å². The number of carbonyl (C=O) groups is 1. The molecule has 0 saturated carbocycles. The molecule has 1 aliphatic rings.